The Bertz CT molecular complexity index is 666. The molecule has 0 aliphatic carbocycles. The molecule has 120 valence electrons. The molecular weight excluding hydrogens is 302 g/mol. The number of piperazine rings is 1. The van der Waals surface area contributed by atoms with Crippen LogP contribution in [0.25, 0.3) is 0 Å². The molecule has 0 saturated carbocycles. The van der Waals surface area contributed by atoms with Gasteiger partial charge >= 0.3 is 0 Å². The maximum Gasteiger partial charge on any atom is 0.272 e. The second-order valence-electron chi connectivity index (χ2n) is 6.05. The van der Waals surface area contributed by atoms with Gasteiger partial charge in [-0.05, 0) is 25.5 Å². The van der Waals surface area contributed by atoms with E-state index in [2.05, 4.69) is 9.88 Å². The van der Waals surface area contributed by atoms with Crippen molar-refractivity contribution in [2.24, 2.45) is 0 Å². The topological polar surface area (TPSA) is 70.6 Å². The van der Waals surface area contributed by atoms with Crippen LogP contribution < -0.4 is 0 Å². The second-order valence-corrected chi connectivity index (χ2v) is 8.28. The van der Waals surface area contributed by atoms with Crippen LogP contribution in [-0.4, -0.2) is 72.8 Å². The van der Waals surface area contributed by atoms with Gasteiger partial charge in [-0.2, -0.15) is 0 Å². The van der Waals surface area contributed by atoms with Crippen LogP contribution in [0.3, 0.4) is 0 Å². The highest BCUT2D eigenvalue weighted by Crippen LogP contribution is 2.19. The number of carbonyl (C=O) groups is 1. The SMILES string of the molecule is Cc1cccc(C(=O)N2CCN(C3CCS(=O)(=O)C3)CC2)n1. The molecular formula is C15H21N3O3S. The van der Waals surface area contributed by atoms with Crippen molar-refractivity contribution in [2.75, 3.05) is 37.7 Å². The zero-order valence-corrected chi connectivity index (χ0v) is 13.6. The van der Waals surface area contributed by atoms with Crippen molar-refractivity contribution < 1.29 is 13.2 Å². The van der Waals surface area contributed by atoms with Gasteiger partial charge in [-0.25, -0.2) is 13.4 Å². The fourth-order valence-corrected chi connectivity index (χ4v) is 4.94. The van der Waals surface area contributed by atoms with Crippen LogP contribution in [0.2, 0.25) is 0 Å². The number of hydrogen-bond acceptors (Lipinski definition) is 5. The van der Waals surface area contributed by atoms with Crippen LogP contribution in [-0.2, 0) is 9.84 Å². The molecule has 0 spiro atoms. The molecule has 1 unspecified atom stereocenters. The van der Waals surface area contributed by atoms with Crippen molar-refractivity contribution in [2.45, 2.75) is 19.4 Å². The highest BCUT2D eigenvalue weighted by molar-refractivity contribution is 7.91. The summed E-state index contributed by atoms with van der Waals surface area (Å²) in [5, 5.41) is 0. The Kier molecular flexibility index (Phi) is 4.18. The van der Waals surface area contributed by atoms with Gasteiger partial charge in [-0.1, -0.05) is 6.07 Å². The molecule has 0 aromatic carbocycles. The molecule has 2 saturated heterocycles. The largest absolute Gasteiger partial charge is 0.335 e. The van der Waals surface area contributed by atoms with E-state index >= 15 is 0 Å². The Balaban J connectivity index is 1.59. The van der Waals surface area contributed by atoms with Crippen LogP contribution in [0.5, 0.6) is 0 Å². The van der Waals surface area contributed by atoms with Gasteiger partial charge in [-0.3, -0.25) is 9.69 Å². The van der Waals surface area contributed by atoms with Crippen molar-refractivity contribution in [3.8, 4) is 0 Å². The predicted octanol–water partition coefficient (Wildman–Crippen LogP) is 0.335. The second kappa shape index (κ2) is 5.96. The molecule has 3 rings (SSSR count). The zero-order chi connectivity index (χ0) is 15.7. The fourth-order valence-electron chi connectivity index (χ4n) is 3.18. The van der Waals surface area contributed by atoms with E-state index in [0.29, 0.717) is 24.5 Å². The van der Waals surface area contributed by atoms with Gasteiger partial charge in [-0.15, -0.1) is 0 Å². The minimum absolute atomic E-state index is 0.0395. The number of pyridine rings is 1. The van der Waals surface area contributed by atoms with Crippen LogP contribution in [0.15, 0.2) is 18.2 Å². The van der Waals surface area contributed by atoms with Crippen LogP contribution in [0.1, 0.15) is 22.6 Å². The van der Waals surface area contributed by atoms with Gasteiger partial charge in [0.25, 0.3) is 5.91 Å². The van der Waals surface area contributed by atoms with E-state index in [4.69, 9.17) is 0 Å². The molecule has 1 aromatic rings. The number of carbonyl (C=O) groups excluding carboxylic acids is 1. The fraction of sp³-hybridized carbons (Fsp3) is 0.600. The van der Waals surface area contributed by atoms with Crippen molar-refractivity contribution >= 4 is 15.7 Å². The minimum atomic E-state index is -2.85. The molecule has 1 atom stereocenters. The first-order chi connectivity index (χ1) is 10.4. The van der Waals surface area contributed by atoms with Crippen molar-refractivity contribution in [3.05, 3.63) is 29.6 Å². The molecule has 6 nitrogen and oxygen atoms in total. The summed E-state index contributed by atoms with van der Waals surface area (Å²) in [6.45, 7) is 4.60. The van der Waals surface area contributed by atoms with Crippen molar-refractivity contribution in [1.29, 1.82) is 0 Å². The third-order valence-electron chi connectivity index (χ3n) is 4.43. The van der Waals surface area contributed by atoms with Crippen LogP contribution >= 0.6 is 0 Å². The lowest BCUT2D eigenvalue weighted by Gasteiger charge is -2.37. The lowest BCUT2D eigenvalue weighted by atomic mass is 10.2. The molecule has 2 aliphatic heterocycles. The van der Waals surface area contributed by atoms with E-state index < -0.39 is 9.84 Å². The maximum atomic E-state index is 12.4. The molecule has 22 heavy (non-hydrogen) atoms. The summed E-state index contributed by atoms with van der Waals surface area (Å²) in [7, 11) is -2.85. The Morgan fingerprint density at radius 1 is 1.23 bits per heavy atom. The summed E-state index contributed by atoms with van der Waals surface area (Å²) in [4.78, 5) is 20.7. The summed E-state index contributed by atoms with van der Waals surface area (Å²) in [6.07, 6.45) is 0.718. The number of aryl methyl sites for hydroxylation is 1. The Morgan fingerprint density at radius 3 is 2.55 bits per heavy atom. The Hall–Kier alpha value is -1.47. The van der Waals surface area contributed by atoms with E-state index in [1.165, 1.54) is 0 Å². The lowest BCUT2D eigenvalue weighted by Crippen LogP contribution is -2.52. The minimum Gasteiger partial charge on any atom is -0.335 e. The highest BCUT2D eigenvalue weighted by atomic mass is 32.2. The summed E-state index contributed by atoms with van der Waals surface area (Å²) >= 11 is 0. The van der Waals surface area contributed by atoms with Gasteiger partial charge in [0, 0.05) is 37.9 Å². The molecule has 1 amide bonds. The first-order valence-corrected chi connectivity index (χ1v) is 9.44. The van der Waals surface area contributed by atoms with E-state index in [1.807, 2.05) is 24.0 Å². The number of sulfone groups is 1. The Labute approximate surface area is 131 Å². The standard InChI is InChI=1S/C15H21N3O3S/c1-12-3-2-4-14(16-12)15(19)18-8-6-17(7-9-18)13-5-10-22(20,21)11-13/h2-4,13H,5-11H2,1H3. The van der Waals surface area contributed by atoms with Gasteiger partial charge < -0.3 is 4.90 Å². The molecule has 1 aromatic heterocycles. The quantitative estimate of drug-likeness (QED) is 0.785. The first-order valence-electron chi connectivity index (χ1n) is 7.62. The monoisotopic (exact) mass is 323 g/mol. The van der Waals surface area contributed by atoms with E-state index in [9.17, 15) is 13.2 Å². The van der Waals surface area contributed by atoms with E-state index in [0.717, 1.165) is 25.2 Å². The highest BCUT2D eigenvalue weighted by Gasteiger charge is 2.34. The number of aromatic nitrogens is 1. The molecule has 3 heterocycles. The summed E-state index contributed by atoms with van der Waals surface area (Å²) in [5.41, 5.74) is 1.32. The van der Waals surface area contributed by atoms with Gasteiger partial charge in [0.2, 0.25) is 0 Å². The molecule has 0 radical (unpaired) electrons. The number of amides is 1. The summed E-state index contributed by atoms with van der Waals surface area (Å²) in [5.74, 6) is 0.520. The number of hydrogen-bond donors (Lipinski definition) is 0. The average Bonchev–Trinajstić information content (AvgIpc) is 2.87. The lowest BCUT2D eigenvalue weighted by molar-refractivity contribution is 0.0582. The summed E-state index contributed by atoms with van der Waals surface area (Å²) in [6, 6.07) is 5.58. The third kappa shape index (κ3) is 3.30. The number of rotatable bonds is 2. The van der Waals surface area contributed by atoms with E-state index in [-0.39, 0.29) is 17.7 Å². The number of nitrogens with zero attached hydrogens (tertiary/aromatic N) is 3. The normalized spacial score (nSPS) is 25.3. The average molecular weight is 323 g/mol. The molecule has 0 N–H and O–H groups in total. The molecule has 2 fully saturated rings. The molecule has 7 heteroatoms. The predicted molar refractivity (Wildman–Crippen MR) is 83.5 cm³/mol. The first kappa shape index (κ1) is 15.4. The van der Waals surface area contributed by atoms with Gasteiger partial charge in [0.05, 0.1) is 11.5 Å². The Morgan fingerprint density at radius 2 is 1.95 bits per heavy atom. The van der Waals surface area contributed by atoms with Gasteiger partial charge in [0.1, 0.15) is 5.69 Å². The third-order valence-corrected chi connectivity index (χ3v) is 6.18. The van der Waals surface area contributed by atoms with E-state index in [1.54, 1.807) is 6.07 Å². The van der Waals surface area contributed by atoms with Crippen molar-refractivity contribution in [1.82, 2.24) is 14.8 Å². The zero-order valence-electron chi connectivity index (χ0n) is 12.7. The van der Waals surface area contributed by atoms with Crippen molar-refractivity contribution in [3.63, 3.8) is 0 Å². The molecule has 0 bridgehead atoms. The smallest absolute Gasteiger partial charge is 0.272 e. The van der Waals surface area contributed by atoms with Gasteiger partial charge in [0.15, 0.2) is 9.84 Å². The molecule has 2 aliphatic rings. The maximum absolute atomic E-state index is 12.4. The van der Waals surface area contributed by atoms with Crippen LogP contribution in [0, 0.1) is 6.92 Å². The summed E-state index contributed by atoms with van der Waals surface area (Å²) < 4.78 is 23.1. The van der Waals surface area contributed by atoms with Crippen LogP contribution in [0.4, 0.5) is 0 Å².